The first-order valence-corrected chi connectivity index (χ1v) is 14.6. The average molecular weight is 555 g/mol. The van der Waals surface area contributed by atoms with Gasteiger partial charge in [-0.2, -0.15) is 0 Å². The Morgan fingerprint density at radius 2 is 2.00 bits per heavy atom. The van der Waals surface area contributed by atoms with E-state index in [2.05, 4.69) is 26.7 Å². The number of carbonyl (C=O) groups is 2. The summed E-state index contributed by atoms with van der Waals surface area (Å²) in [6.07, 6.45) is 5.00. The predicted octanol–water partition coefficient (Wildman–Crippen LogP) is 6.09. The van der Waals surface area contributed by atoms with Crippen LogP contribution in [0.5, 0.6) is 5.75 Å². The number of hydrogen-bond acceptors (Lipinski definition) is 7. The number of carbonyl (C=O) groups excluding carboxylic acids is 2. The Kier molecular flexibility index (Phi) is 8.11. The average Bonchev–Trinajstić information content (AvgIpc) is 3.70. The number of aryl methyl sites for hydroxylation is 1. The summed E-state index contributed by atoms with van der Waals surface area (Å²) in [6, 6.07) is 6.43. The maximum Gasteiger partial charge on any atom is 0.340 e. The number of ether oxygens (including phenoxy) is 2. The molecule has 208 valence electrons. The molecule has 1 aromatic carbocycles. The molecule has 5 rings (SSSR count). The first-order chi connectivity index (χ1) is 18.8. The molecule has 2 aromatic heterocycles. The summed E-state index contributed by atoms with van der Waals surface area (Å²) >= 11 is 1.32. The number of ketones is 1. The molecule has 2 heterocycles. The molecule has 1 N–H and O–H groups in total. The van der Waals surface area contributed by atoms with Crippen molar-refractivity contribution in [3.05, 3.63) is 58.4 Å². The first kappa shape index (κ1) is 27.4. The maximum atomic E-state index is 14.2. The molecular weight excluding hydrogens is 519 g/mol. The number of Topliss-reactive ketones (excluding diaryl/α,β-unsaturated/α-hetero) is 1. The van der Waals surface area contributed by atoms with E-state index in [0.29, 0.717) is 45.3 Å². The molecule has 39 heavy (non-hydrogen) atoms. The Balaban J connectivity index is 1.36. The highest BCUT2D eigenvalue weighted by Crippen LogP contribution is 2.52. The molecule has 2 aliphatic rings. The summed E-state index contributed by atoms with van der Waals surface area (Å²) in [4.78, 5) is 28.7. The molecular formula is C29H35FN4O4S. The van der Waals surface area contributed by atoms with Gasteiger partial charge in [0.1, 0.15) is 6.61 Å². The number of benzene rings is 1. The highest BCUT2D eigenvalue weighted by atomic mass is 32.2. The number of nitrogens with zero attached hydrogens (tertiary/aromatic N) is 3. The third kappa shape index (κ3) is 5.48. The lowest BCUT2D eigenvalue weighted by molar-refractivity contribution is 0.0525. The van der Waals surface area contributed by atoms with E-state index in [4.69, 9.17) is 9.47 Å². The van der Waals surface area contributed by atoms with Crippen molar-refractivity contribution in [1.82, 2.24) is 19.7 Å². The van der Waals surface area contributed by atoms with Gasteiger partial charge in [-0.3, -0.25) is 9.36 Å². The first-order valence-electron chi connectivity index (χ1n) is 13.6. The number of aromatic amines is 1. The van der Waals surface area contributed by atoms with Gasteiger partial charge < -0.3 is 14.5 Å². The van der Waals surface area contributed by atoms with E-state index in [-0.39, 0.29) is 36.5 Å². The van der Waals surface area contributed by atoms with Gasteiger partial charge in [0.15, 0.2) is 28.3 Å². The summed E-state index contributed by atoms with van der Waals surface area (Å²) in [6.45, 7) is 7.80. The molecule has 0 saturated heterocycles. The third-order valence-corrected chi connectivity index (χ3v) is 9.22. The largest absolute Gasteiger partial charge is 0.483 e. The van der Waals surface area contributed by atoms with Crippen molar-refractivity contribution in [3.8, 4) is 5.75 Å². The number of rotatable bonds is 11. The monoisotopic (exact) mass is 554 g/mol. The van der Waals surface area contributed by atoms with Crippen LogP contribution in [0.2, 0.25) is 0 Å². The van der Waals surface area contributed by atoms with Gasteiger partial charge in [0, 0.05) is 11.7 Å². The topological polar surface area (TPSA) is 99.1 Å². The lowest BCUT2D eigenvalue weighted by atomic mass is 9.84. The van der Waals surface area contributed by atoms with E-state index >= 15 is 0 Å². The number of para-hydroxylation sites is 1. The van der Waals surface area contributed by atoms with Crippen molar-refractivity contribution in [2.45, 2.75) is 71.2 Å². The fraction of sp³-hybridized carbons (Fsp3) is 0.517. The quantitative estimate of drug-likeness (QED) is 0.174. The standard InChI is InChI=1S/C29H35FN4O4S/c1-5-37-28(36)26-16(2)27(31-17(26)3)23(35)15-39-29-33-32-25(14-38-24-9-7-6-8-22(24)30)34(29)18(4)21-13-19-10-11-20(21)12-19/h6-9,18-21,31H,5,10-15H2,1-4H3. The van der Waals surface area contributed by atoms with Crippen molar-refractivity contribution in [2.24, 2.45) is 17.8 Å². The fourth-order valence-electron chi connectivity index (χ4n) is 6.43. The zero-order chi connectivity index (χ0) is 27.7. The van der Waals surface area contributed by atoms with Gasteiger partial charge in [-0.1, -0.05) is 30.3 Å². The van der Waals surface area contributed by atoms with Crippen LogP contribution >= 0.6 is 11.8 Å². The van der Waals surface area contributed by atoms with Crippen molar-refractivity contribution < 1.29 is 23.5 Å². The number of halogens is 1. The molecule has 10 heteroatoms. The summed E-state index contributed by atoms with van der Waals surface area (Å²) in [7, 11) is 0. The van der Waals surface area contributed by atoms with Crippen LogP contribution in [0.1, 0.15) is 83.5 Å². The Hall–Kier alpha value is -3.14. The normalized spacial score (nSPS) is 20.8. The van der Waals surface area contributed by atoms with E-state index in [1.807, 2.05) is 0 Å². The Morgan fingerprint density at radius 3 is 2.69 bits per heavy atom. The van der Waals surface area contributed by atoms with E-state index in [0.717, 1.165) is 5.92 Å². The van der Waals surface area contributed by atoms with Gasteiger partial charge in [0.2, 0.25) is 0 Å². The highest BCUT2D eigenvalue weighted by molar-refractivity contribution is 7.99. The minimum absolute atomic E-state index is 0.0748. The van der Waals surface area contributed by atoms with Gasteiger partial charge >= 0.3 is 5.97 Å². The van der Waals surface area contributed by atoms with E-state index < -0.39 is 11.8 Å². The summed E-state index contributed by atoms with van der Waals surface area (Å²) in [5.41, 5.74) is 2.01. The second kappa shape index (κ2) is 11.5. The van der Waals surface area contributed by atoms with Crippen molar-refractivity contribution in [2.75, 3.05) is 12.4 Å². The molecule has 0 amide bonds. The van der Waals surface area contributed by atoms with Crippen LogP contribution < -0.4 is 4.74 Å². The second-order valence-electron chi connectivity index (χ2n) is 10.6. The van der Waals surface area contributed by atoms with Crippen LogP contribution in [0.15, 0.2) is 29.4 Å². The fourth-order valence-corrected chi connectivity index (χ4v) is 7.35. The minimum atomic E-state index is -0.436. The molecule has 2 fully saturated rings. The van der Waals surface area contributed by atoms with Crippen LogP contribution in [0, 0.1) is 37.4 Å². The zero-order valence-electron chi connectivity index (χ0n) is 22.8. The lowest BCUT2D eigenvalue weighted by Crippen LogP contribution is -2.24. The van der Waals surface area contributed by atoms with Gasteiger partial charge in [-0.25, -0.2) is 9.18 Å². The number of fused-ring (bicyclic) bond motifs is 2. The number of H-pyrrole nitrogens is 1. The third-order valence-electron chi connectivity index (χ3n) is 8.28. The van der Waals surface area contributed by atoms with Gasteiger partial charge in [0.05, 0.1) is 23.6 Å². The SMILES string of the molecule is CCOC(=O)c1c(C)[nH]c(C(=O)CSc2nnc(COc3ccccc3F)n2C(C)C2CC3CCC2C3)c1C. The molecule has 0 spiro atoms. The minimum Gasteiger partial charge on any atom is -0.483 e. The molecule has 2 aliphatic carbocycles. The van der Waals surface area contributed by atoms with Crippen molar-refractivity contribution in [1.29, 1.82) is 0 Å². The number of nitrogens with one attached hydrogen (secondary N) is 1. The molecule has 4 unspecified atom stereocenters. The van der Waals surface area contributed by atoms with E-state index in [1.165, 1.54) is 43.5 Å². The summed E-state index contributed by atoms with van der Waals surface area (Å²) < 4.78 is 27.2. The second-order valence-corrected chi connectivity index (χ2v) is 11.6. The number of thioether (sulfide) groups is 1. The van der Waals surface area contributed by atoms with Crippen LogP contribution in [-0.2, 0) is 11.3 Å². The van der Waals surface area contributed by atoms with Crippen LogP contribution in [-0.4, -0.2) is 43.9 Å². The Bertz CT molecular complexity index is 1370. The molecule has 8 nitrogen and oxygen atoms in total. The smallest absolute Gasteiger partial charge is 0.340 e. The van der Waals surface area contributed by atoms with Gasteiger partial charge in [-0.15, -0.1) is 10.2 Å². The molecule has 2 saturated carbocycles. The summed E-state index contributed by atoms with van der Waals surface area (Å²) in [5.74, 6) is 1.86. The predicted molar refractivity (Wildman–Crippen MR) is 146 cm³/mol. The number of esters is 1. The maximum absolute atomic E-state index is 14.2. The number of aromatic nitrogens is 4. The molecule has 3 aromatic rings. The Morgan fingerprint density at radius 1 is 1.21 bits per heavy atom. The van der Waals surface area contributed by atoms with E-state index in [1.54, 1.807) is 39.0 Å². The molecule has 2 bridgehead atoms. The van der Waals surface area contributed by atoms with E-state index in [9.17, 15) is 14.0 Å². The Labute approximate surface area is 232 Å². The van der Waals surface area contributed by atoms with Crippen LogP contribution in [0.3, 0.4) is 0 Å². The van der Waals surface area contributed by atoms with Gasteiger partial charge in [0.25, 0.3) is 0 Å². The molecule has 0 aliphatic heterocycles. The van der Waals surface area contributed by atoms with Crippen molar-refractivity contribution in [3.63, 3.8) is 0 Å². The number of hydrogen-bond donors (Lipinski definition) is 1. The lowest BCUT2D eigenvalue weighted by Gasteiger charge is -2.30. The van der Waals surface area contributed by atoms with Crippen molar-refractivity contribution >= 4 is 23.5 Å². The van der Waals surface area contributed by atoms with Crippen LogP contribution in [0.4, 0.5) is 4.39 Å². The summed E-state index contributed by atoms with van der Waals surface area (Å²) in [5, 5.41) is 9.48. The zero-order valence-corrected chi connectivity index (χ0v) is 23.6. The molecule has 4 atom stereocenters. The highest BCUT2D eigenvalue weighted by Gasteiger charge is 2.43. The van der Waals surface area contributed by atoms with Crippen LogP contribution in [0.25, 0.3) is 0 Å². The van der Waals surface area contributed by atoms with Gasteiger partial charge in [-0.05, 0) is 82.4 Å². The molecule has 0 radical (unpaired) electrons.